The summed E-state index contributed by atoms with van der Waals surface area (Å²) in [7, 11) is 1.70. The molecule has 0 unspecified atom stereocenters. The van der Waals surface area contributed by atoms with Crippen LogP contribution in [0.5, 0.6) is 0 Å². The van der Waals surface area contributed by atoms with E-state index in [-0.39, 0.29) is 17.5 Å². The quantitative estimate of drug-likeness (QED) is 0.607. The van der Waals surface area contributed by atoms with E-state index in [1.54, 1.807) is 36.3 Å². The molecule has 0 saturated carbocycles. The molecule has 0 radical (unpaired) electrons. The number of hydrazine groups is 1. The molecule has 3 rings (SSSR count). The van der Waals surface area contributed by atoms with E-state index in [9.17, 15) is 14.4 Å². The average molecular weight is 350 g/mol. The Morgan fingerprint density at radius 3 is 2.50 bits per heavy atom. The van der Waals surface area contributed by atoms with Crippen LogP contribution in [0.3, 0.4) is 0 Å². The summed E-state index contributed by atoms with van der Waals surface area (Å²) < 4.78 is 0. The van der Waals surface area contributed by atoms with Gasteiger partial charge in [-0.15, -0.1) is 0 Å². The van der Waals surface area contributed by atoms with Crippen LogP contribution in [0.25, 0.3) is 10.9 Å². The first kappa shape index (κ1) is 17.2. The van der Waals surface area contributed by atoms with Crippen molar-refractivity contribution < 1.29 is 9.59 Å². The second kappa shape index (κ2) is 7.52. The van der Waals surface area contributed by atoms with E-state index in [0.29, 0.717) is 10.9 Å². The van der Waals surface area contributed by atoms with Gasteiger partial charge in [-0.05, 0) is 24.3 Å². The molecule has 0 aliphatic heterocycles. The van der Waals surface area contributed by atoms with Gasteiger partial charge in [0.15, 0.2) is 0 Å². The van der Waals surface area contributed by atoms with E-state index in [4.69, 9.17) is 0 Å². The lowest BCUT2D eigenvalue weighted by atomic mass is 10.1. The van der Waals surface area contributed by atoms with Crippen LogP contribution in [0, 0.1) is 0 Å². The second-order valence-corrected chi connectivity index (χ2v) is 5.69. The number of nitrogens with one attached hydrogen (secondary N) is 3. The fourth-order valence-electron chi connectivity index (χ4n) is 2.53. The number of benzene rings is 2. The standard InChI is InChI=1S/C19H18N4O3/c1-23(13-7-3-2-4-8-13)22-17(24)12-21-19(26)15-11-20-16-10-6-5-9-14(16)18(15)25/h2-11H,12H2,1H3,(H,20,25)(H,21,26)(H,22,24). The number of carbonyl (C=O) groups excluding carboxylic acids is 2. The van der Waals surface area contributed by atoms with Crippen LogP contribution in [0.4, 0.5) is 5.69 Å². The fourth-order valence-corrected chi connectivity index (χ4v) is 2.53. The number of carbonyl (C=O) groups is 2. The number of amides is 2. The van der Waals surface area contributed by atoms with Gasteiger partial charge in [0.2, 0.25) is 5.43 Å². The SMILES string of the molecule is CN(NC(=O)CNC(=O)c1c[nH]c2ccccc2c1=O)c1ccccc1. The lowest BCUT2D eigenvalue weighted by molar-refractivity contribution is -0.120. The van der Waals surface area contributed by atoms with Crippen LogP contribution in [0.2, 0.25) is 0 Å². The van der Waals surface area contributed by atoms with Gasteiger partial charge >= 0.3 is 0 Å². The zero-order valence-corrected chi connectivity index (χ0v) is 14.2. The number of fused-ring (bicyclic) bond motifs is 1. The first-order chi connectivity index (χ1) is 12.6. The number of hydrogen-bond donors (Lipinski definition) is 3. The lowest BCUT2D eigenvalue weighted by Gasteiger charge is -2.20. The predicted molar refractivity (Wildman–Crippen MR) is 99.9 cm³/mol. The van der Waals surface area contributed by atoms with Crippen LogP contribution >= 0.6 is 0 Å². The van der Waals surface area contributed by atoms with Gasteiger partial charge in [0.05, 0.1) is 12.2 Å². The molecule has 0 saturated heterocycles. The number of H-pyrrole nitrogens is 1. The summed E-state index contributed by atoms with van der Waals surface area (Å²) in [5, 5.41) is 4.44. The number of nitrogens with zero attached hydrogens (tertiary/aromatic N) is 1. The topological polar surface area (TPSA) is 94.3 Å². The van der Waals surface area contributed by atoms with Crippen molar-refractivity contribution in [3.8, 4) is 0 Å². The largest absolute Gasteiger partial charge is 0.360 e. The third-order valence-corrected chi connectivity index (χ3v) is 3.88. The first-order valence-electron chi connectivity index (χ1n) is 8.03. The normalized spacial score (nSPS) is 10.3. The van der Waals surface area contributed by atoms with Crippen molar-refractivity contribution in [2.75, 3.05) is 18.6 Å². The number of anilines is 1. The number of para-hydroxylation sites is 2. The van der Waals surface area contributed by atoms with Crippen LogP contribution < -0.4 is 21.2 Å². The van der Waals surface area contributed by atoms with E-state index in [0.717, 1.165) is 5.69 Å². The first-order valence-corrected chi connectivity index (χ1v) is 8.03. The molecular formula is C19H18N4O3. The second-order valence-electron chi connectivity index (χ2n) is 5.69. The van der Waals surface area contributed by atoms with E-state index < -0.39 is 11.8 Å². The monoisotopic (exact) mass is 350 g/mol. The van der Waals surface area contributed by atoms with Crippen LogP contribution in [-0.2, 0) is 4.79 Å². The smallest absolute Gasteiger partial charge is 0.257 e. The summed E-state index contributed by atoms with van der Waals surface area (Å²) in [5.74, 6) is -1.00. The minimum Gasteiger partial charge on any atom is -0.360 e. The fraction of sp³-hybridized carbons (Fsp3) is 0.105. The maximum atomic E-state index is 12.4. The Morgan fingerprint density at radius 1 is 1.04 bits per heavy atom. The van der Waals surface area contributed by atoms with Crippen molar-refractivity contribution >= 4 is 28.4 Å². The minimum atomic E-state index is -0.602. The van der Waals surface area contributed by atoms with Crippen molar-refractivity contribution in [1.29, 1.82) is 0 Å². The third kappa shape index (κ3) is 3.72. The van der Waals surface area contributed by atoms with Gasteiger partial charge in [-0.3, -0.25) is 24.8 Å². The van der Waals surface area contributed by atoms with Gasteiger partial charge < -0.3 is 10.3 Å². The molecule has 2 amide bonds. The molecule has 0 atom stereocenters. The molecule has 2 aromatic carbocycles. The molecule has 3 aromatic rings. The summed E-state index contributed by atoms with van der Waals surface area (Å²) in [6, 6.07) is 16.2. The Kier molecular flexibility index (Phi) is 4.98. The Morgan fingerprint density at radius 2 is 1.73 bits per heavy atom. The van der Waals surface area contributed by atoms with Gasteiger partial charge in [0.25, 0.3) is 11.8 Å². The summed E-state index contributed by atoms with van der Waals surface area (Å²) >= 11 is 0. The summed E-state index contributed by atoms with van der Waals surface area (Å²) in [5.41, 5.74) is 3.68. The highest BCUT2D eigenvalue weighted by Gasteiger charge is 2.14. The van der Waals surface area contributed by atoms with Crippen molar-refractivity contribution in [2.24, 2.45) is 0 Å². The Bertz CT molecular complexity index is 998. The Hall–Kier alpha value is -3.61. The molecule has 0 fully saturated rings. The molecule has 1 aromatic heterocycles. The van der Waals surface area contributed by atoms with Gasteiger partial charge in [-0.2, -0.15) is 0 Å². The number of rotatable bonds is 5. The van der Waals surface area contributed by atoms with Crippen LogP contribution in [-0.4, -0.2) is 30.4 Å². The maximum Gasteiger partial charge on any atom is 0.257 e. The third-order valence-electron chi connectivity index (χ3n) is 3.88. The van der Waals surface area contributed by atoms with Crippen molar-refractivity contribution in [1.82, 2.24) is 15.7 Å². The summed E-state index contributed by atoms with van der Waals surface area (Å²) in [6.07, 6.45) is 1.36. The Labute approximate surface area is 149 Å². The van der Waals surface area contributed by atoms with E-state index in [1.165, 1.54) is 6.20 Å². The van der Waals surface area contributed by atoms with Gasteiger partial charge in [0, 0.05) is 24.1 Å². The number of hydrogen-bond acceptors (Lipinski definition) is 4. The molecule has 1 heterocycles. The summed E-state index contributed by atoms with van der Waals surface area (Å²) in [4.78, 5) is 39.6. The molecule has 7 nitrogen and oxygen atoms in total. The van der Waals surface area contributed by atoms with E-state index in [1.807, 2.05) is 30.3 Å². The minimum absolute atomic E-state index is 0.0343. The highest BCUT2D eigenvalue weighted by Crippen LogP contribution is 2.08. The van der Waals surface area contributed by atoms with Crippen molar-refractivity contribution in [3.05, 3.63) is 76.6 Å². The Balaban J connectivity index is 1.63. The van der Waals surface area contributed by atoms with Crippen LogP contribution in [0.15, 0.2) is 65.6 Å². The molecule has 0 spiro atoms. The molecule has 132 valence electrons. The van der Waals surface area contributed by atoms with Gasteiger partial charge in [0.1, 0.15) is 5.56 Å². The molecule has 7 heteroatoms. The highest BCUT2D eigenvalue weighted by molar-refractivity contribution is 5.98. The zero-order valence-electron chi connectivity index (χ0n) is 14.2. The van der Waals surface area contributed by atoms with Gasteiger partial charge in [-0.25, -0.2) is 0 Å². The van der Waals surface area contributed by atoms with E-state index >= 15 is 0 Å². The number of aromatic nitrogens is 1. The molecule has 26 heavy (non-hydrogen) atoms. The van der Waals surface area contributed by atoms with Gasteiger partial charge in [-0.1, -0.05) is 30.3 Å². The lowest BCUT2D eigenvalue weighted by Crippen LogP contribution is -2.45. The van der Waals surface area contributed by atoms with Crippen molar-refractivity contribution in [2.45, 2.75) is 0 Å². The predicted octanol–water partition coefficient (Wildman–Crippen LogP) is 1.43. The van der Waals surface area contributed by atoms with E-state index in [2.05, 4.69) is 15.7 Å². The zero-order chi connectivity index (χ0) is 18.5. The van der Waals surface area contributed by atoms with Crippen molar-refractivity contribution in [3.63, 3.8) is 0 Å². The highest BCUT2D eigenvalue weighted by atomic mass is 16.2. The molecule has 0 aliphatic carbocycles. The number of aromatic amines is 1. The molecular weight excluding hydrogens is 332 g/mol. The molecule has 3 N–H and O–H groups in total. The average Bonchev–Trinajstić information content (AvgIpc) is 2.67. The molecule has 0 bridgehead atoms. The summed E-state index contributed by atoms with van der Waals surface area (Å²) in [6.45, 7) is -0.248. The molecule has 0 aliphatic rings. The number of pyridine rings is 1. The van der Waals surface area contributed by atoms with Crippen LogP contribution in [0.1, 0.15) is 10.4 Å². The maximum absolute atomic E-state index is 12.4.